The maximum atomic E-state index is 12.5. The van der Waals surface area contributed by atoms with Crippen LogP contribution in [-0.4, -0.2) is 60.3 Å². The van der Waals surface area contributed by atoms with E-state index in [2.05, 4.69) is 5.32 Å². The van der Waals surface area contributed by atoms with Gasteiger partial charge >= 0.3 is 0 Å². The molecule has 1 heterocycles. The molecule has 0 aromatic heterocycles. The minimum atomic E-state index is -0.550. The van der Waals surface area contributed by atoms with Crippen molar-refractivity contribution in [2.75, 3.05) is 27.7 Å². The van der Waals surface area contributed by atoms with Crippen molar-refractivity contribution in [1.29, 1.82) is 0 Å². The van der Waals surface area contributed by atoms with E-state index >= 15 is 0 Å². The molecule has 0 aliphatic carbocycles. The number of carbonyl (C=O) groups is 3. The van der Waals surface area contributed by atoms with Crippen LogP contribution in [0.15, 0.2) is 59.9 Å². The van der Waals surface area contributed by atoms with E-state index in [1.54, 1.807) is 26.2 Å². The summed E-state index contributed by atoms with van der Waals surface area (Å²) in [5.74, 6) is -1.57. The van der Waals surface area contributed by atoms with Crippen LogP contribution in [0.4, 0.5) is 0 Å². The van der Waals surface area contributed by atoms with Crippen LogP contribution in [0.1, 0.15) is 28.9 Å². The van der Waals surface area contributed by atoms with Crippen molar-refractivity contribution >= 4 is 17.7 Å². The molecule has 0 spiro atoms. The zero-order chi connectivity index (χ0) is 22.0. The van der Waals surface area contributed by atoms with Gasteiger partial charge in [0.25, 0.3) is 17.7 Å². The van der Waals surface area contributed by atoms with Gasteiger partial charge in [0.1, 0.15) is 0 Å². The summed E-state index contributed by atoms with van der Waals surface area (Å²) in [5.41, 5.74) is 3.48. The fourth-order valence-corrected chi connectivity index (χ4v) is 3.29. The lowest BCUT2D eigenvalue weighted by molar-refractivity contribution is -0.126. The number of benzene rings is 2. The van der Waals surface area contributed by atoms with Crippen LogP contribution in [0.2, 0.25) is 0 Å². The fraction of sp³-hybridized carbons (Fsp3) is 0.261. The van der Waals surface area contributed by atoms with Gasteiger partial charge in [0.2, 0.25) is 0 Å². The highest BCUT2D eigenvalue weighted by Crippen LogP contribution is 2.25. The van der Waals surface area contributed by atoms with Crippen LogP contribution >= 0.6 is 0 Å². The van der Waals surface area contributed by atoms with Crippen LogP contribution in [0.25, 0.3) is 11.1 Å². The number of likely N-dealkylation sites (N-methyl/N-ethyl adjacent to an activating group) is 1. The smallest absolute Gasteiger partial charge is 0.289 e. The van der Waals surface area contributed by atoms with Gasteiger partial charge < -0.3 is 20.2 Å². The van der Waals surface area contributed by atoms with Crippen molar-refractivity contribution < 1.29 is 19.5 Å². The number of hydrogen-bond donors (Lipinski definition) is 2. The average Bonchev–Trinajstić information content (AvgIpc) is 3.00. The third kappa shape index (κ3) is 4.20. The molecule has 0 unspecified atom stereocenters. The van der Waals surface area contributed by atoms with Crippen molar-refractivity contribution in [1.82, 2.24) is 15.1 Å². The summed E-state index contributed by atoms with van der Waals surface area (Å²) in [4.78, 5) is 39.1. The Bertz CT molecular complexity index is 1020. The summed E-state index contributed by atoms with van der Waals surface area (Å²) in [6.45, 7) is 1.93. The predicted octanol–water partition coefficient (Wildman–Crippen LogP) is 2.52. The van der Waals surface area contributed by atoms with Crippen LogP contribution < -0.4 is 5.32 Å². The maximum Gasteiger partial charge on any atom is 0.289 e. The Morgan fingerprint density at radius 2 is 1.77 bits per heavy atom. The minimum Gasteiger partial charge on any atom is -0.503 e. The highest BCUT2D eigenvalue weighted by atomic mass is 16.3. The molecular formula is C23H25N3O4. The second kappa shape index (κ2) is 8.41. The highest BCUT2D eigenvalue weighted by molar-refractivity contribution is 6.06. The molecule has 0 bridgehead atoms. The van der Waals surface area contributed by atoms with Gasteiger partial charge in [0, 0.05) is 26.7 Å². The Hall–Kier alpha value is -3.61. The zero-order valence-corrected chi connectivity index (χ0v) is 17.5. The lowest BCUT2D eigenvalue weighted by Crippen LogP contribution is -2.30. The molecule has 2 aromatic rings. The second-order valence-electron chi connectivity index (χ2n) is 7.59. The van der Waals surface area contributed by atoms with Crippen molar-refractivity contribution in [2.45, 2.75) is 13.0 Å². The largest absolute Gasteiger partial charge is 0.503 e. The Labute approximate surface area is 175 Å². The van der Waals surface area contributed by atoms with Crippen LogP contribution in [0, 0.1) is 0 Å². The maximum absolute atomic E-state index is 12.5. The van der Waals surface area contributed by atoms with E-state index in [1.807, 2.05) is 43.3 Å². The monoisotopic (exact) mass is 407 g/mol. The number of hydrogen-bond acceptors (Lipinski definition) is 4. The first-order valence-corrected chi connectivity index (χ1v) is 9.59. The number of carbonyl (C=O) groups excluding carboxylic acids is 3. The van der Waals surface area contributed by atoms with Gasteiger partial charge in [-0.1, -0.05) is 30.3 Å². The molecule has 0 saturated carbocycles. The number of nitrogens with one attached hydrogen (secondary N) is 1. The van der Waals surface area contributed by atoms with Gasteiger partial charge in [-0.15, -0.1) is 0 Å². The molecule has 7 nitrogen and oxygen atoms in total. The Morgan fingerprint density at radius 3 is 2.33 bits per heavy atom. The summed E-state index contributed by atoms with van der Waals surface area (Å²) in [7, 11) is 4.96. The Morgan fingerprint density at radius 1 is 1.10 bits per heavy atom. The quantitative estimate of drug-likeness (QED) is 0.797. The first-order valence-electron chi connectivity index (χ1n) is 9.59. The first kappa shape index (κ1) is 21.1. The SMILES string of the molecule is C[C@@H](NC(=O)C1=C(O)C(=O)N(C)C1)c1cccc(-c2ccc(C(=O)N(C)C)cc2)c1. The van der Waals surface area contributed by atoms with E-state index in [0.29, 0.717) is 5.56 Å². The molecule has 3 amide bonds. The van der Waals surface area contributed by atoms with E-state index < -0.39 is 17.6 Å². The molecule has 2 N–H and O–H groups in total. The zero-order valence-electron chi connectivity index (χ0n) is 17.5. The Kier molecular flexibility index (Phi) is 5.91. The van der Waals surface area contributed by atoms with Crippen molar-refractivity contribution in [3.8, 4) is 11.1 Å². The molecule has 0 fully saturated rings. The summed E-state index contributed by atoms with van der Waals surface area (Å²) in [5, 5.41) is 12.7. The van der Waals surface area contributed by atoms with Gasteiger partial charge in [0.05, 0.1) is 18.2 Å². The normalized spacial score (nSPS) is 14.7. The number of rotatable bonds is 5. The third-order valence-corrected chi connectivity index (χ3v) is 5.11. The summed E-state index contributed by atoms with van der Waals surface area (Å²) >= 11 is 0. The standard InChI is InChI=1S/C23H25N3O4/c1-14(24-21(28)19-13-26(4)23(30)20(19)27)17-6-5-7-18(12-17)15-8-10-16(11-9-15)22(29)25(2)3/h5-12,14,27H,13H2,1-4H3,(H,24,28)/t14-/m1/s1. The Balaban J connectivity index is 1.76. The van der Waals surface area contributed by atoms with Gasteiger partial charge in [0.15, 0.2) is 5.76 Å². The van der Waals surface area contributed by atoms with E-state index in [1.165, 1.54) is 16.8 Å². The molecule has 156 valence electrons. The van der Waals surface area contributed by atoms with Crippen molar-refractivity contribution in [2.24, 2.45) is 0 Å². The number of aliphatic hydroxyl groups is 1. The number of aliphatic hydroxyl groups excluding tert-OH is 1. The number of amides is 3. The second-order valence-corrected chi connectivity index (χ2v) is 7.59. The number of nitrogens with zero attached hydrogens (tertiary/aromatic N) is 2. The van der Waals surface area contributed by atoms with E-state index in [9.17, 15) is 19.5 Å². The predicted molar refractivity (Wildman–Crippen MR) is 114 cm³/mol. The van der Waals surface area contributed by atoms with Crippen molar-refractivity contribution in [3.63, 3.8) is 0 Å². The molecule has 0 saturated heterocycles. The summed E-state index contributed by atoms with van der Waals surface area (Å²) in [6, 6.07) is 14.8. The molecule has 1 atom stereocenters. The minimum absolute atomic E-state index is 0.0553. The highest BCUT2D eigenvalue weighted by Gasteiger charge is 2.32. The lowest BCUT2D eigenvalue weighted by atomic mass is 9.99. The van der Waals surface area contributed by atoms with Crippen LogP contribution in [0.3, 0.4) is 0 Å². The van der Waals surface area contributed by atoms with E-state index in [4.69, 9.17) is 0 Å². The molecule has 1 aliphatic heterocycles. The topological polar surface area (TPSA) is 90.0 Å². The molecule has 30 heavy (non-hydrogen) atoms. The summed E-state index contributed by atoms with van der Waals surface area (Å²) < 4.78 is 0. The van der Waals surface area contributed by atoms with Gasteiger partial charge in [-0.25, -0.2) is 0 Å². The van der Waals surface area contributed by atoms with E-state index in [0.717, 1.165) is 16.7 Å². The lowest BCUT2D eigenvalue weighted by Gasteiger charge is -2.16. The van der Waals surface area contributed by atoms with E-state index in [-0.39, 0.29) is 24.1 Å². The average molecular weight is 407 g/mol. The molecule has 1 aliphatic rings. The van der Waals surface area contributed by atoms with Crippen LogP contribution in [0.5, 0.6) is 0 Å². The molecule has 7 heteroatoms. The van der Waals surface area contributed by atoms with Crippen LogP contribution in [-0.2, 0) is 9.59 Å². The third-order valence-electron chi connectivity index (χ3n) is 5.11. The first-order chi connectivity index (χ1) is 14.2. The van der Waals surface area contributed by atoms with Crippen molar-refractivity contribution in [3.05, 3.63) is 71.0 Å². The fourth-order valence-electron chi connectivity index (χ4n) is 3.29. The molecular weight excluding hydrogens is 382 g/mol. The molecule has 3 rings (SSSR count). The summed E-state index contributed by atoms with van der Waals surface area (Å²) in [6.07, 6.45) is 0. The van der Waals surface area contributed by atoms with Gasteiger partial charge in [-0.05, 0) is 41.8 Å². The molecule has 0 radical (unpaired) electrons. The van der Waals surface area contributed by atoms with Gasteiger partial charge in [-0.3, -0.25) is 14.4 Å². The molecule has 2 aromatic carbocycles. The van der Waals surface area contributed by atoms with Gasteiger partial charge in [-0.2, -0.15) is 0 Å².